The van der Waals surface area contributed by atoms with Crippen molar-refractivity contribution in [3.63, 3.8) is 0 Å². The lowest BCUT2D eigenvalue weighted by atomic mass is 10.2. The van der Waals surface area contributed by atoms with Crippen LogP contribution in [0.15, 0.2) is 28.8 Å². The van der Waals surface area contributed by atoms with Gasteiger partial charge in [-0.25, -0.2) is 0 Å². The van der Waals surface area contributed by atoms with Crippen LogP contribution in [-0.4, -0.2) is 52.0 Å². The number of hydrogen-bond donors (Lipinski definition) is 0. The summed E-state index contributed by atoms with van der Waals surface area (Å²) in [7, 11) is 0. The van der Waals surface area contributed by atoms with Crippen LogP contribution in [0.4, 0.5) is 0 Å². The highest BCUT2D eigenvalue weighted by molar-refractivity contribution is 6.30. The summed E-state index contributed by atoms with van der Waals surface area (Å²) < 4.78 is 5.40. The zero-order chi connectivity index (χ0) is 17.2. The number of aromatic nitrogens is 2. The van der Waals surface area contributed by atoms with Gasteiger partial charge in [0.2, 0.25) is 17.6 Å². The molecule has 4 rings (SSSR count). The lowest BCUT2D eigenvalue weighted by Crippen LogP contribution is -2.36. The van der Waals surface area contributed by atoms with Crippen LogP contribution in [0.3, 0.4) is 0 Å². The summed E-state index contributed by atoms with van der Waals surface area (Å²) >= 11 is 5.91. The maximum Gasteiger partial charge on any atom is 0.241 e. The Morgan fingerprint density at radius 2 is 1.96 bits per heavy atom. The van der Waals surface area contributed by atoms with E-state index in [1.54, 1.807) is 0 Å². The third kappa shape index (κ3) is 4.02. The molecular formula is C18H21ClN4O2. The van der Waals surface area contributed by atoms with Crippen molar-refractivity contribution in [3.05, 3.63) is 35.2 Å². The maximum atomic E-state index is 12.2. The molecule has 25 heavy (non-hydrogen) atoms. The van der Waals surface area contributed by atoms with Gasteiger partial charge >= 0.3 is 0 Å². The first-order valence-corrected chi connectivity index (χ1v) is 9.16. The highest BCUT2D eigenvalue weighted by atomic mass is 35.5. The zero-order valence-electron chi connectivity index (χ0n) is 14.0. The summed E-state index contributed by atoms with van der Waals surface area (Å²) in [6.07, 6.45) is 3.11. The molecule has 7 heteroatoms. The summed E-state index contributed by atoms with van der Waals surface area (Å²) in [6.45, 7) is 4.04. The summed E-state index contributed by atoms with van der Waals surface area (Å²) in [6, 6.07) is 7.38. The fraction of sp³-hybridized carbons (Fsp3) is 0.500. The second-order valence-electron chi connectivity index (χ2n) is 6.75. The van der Waals surface area contributed by atoms with Crippen molar-refractivity contribution in [2.75, 3.05) is 26.2 Å². The number of rotatable bonds is 4. The third-order valence-electron chi connectivity index (χ3n) is 4.76. The Kier molecular flexibility index (Phi) is 4.72. The highest BCUT2D eigenvalue weighted by Crippen LogP contribution is 2.31. The highest BCUT2D eigenvalue weighted by Gasteiger charge is 2.34. The Morgan fingerprint density at radius 1 is 1.16 bits per heavy atom. The summed E-state index contributed by atoms with van der Waals surface area (Å²) in [5.74, 6) is 1.81. The first-order chi connectivity index (χ1) is 12.2. The molecule has 1 amide bonds. The number of hydrogen-bond acceptors (Lipinski definition) is 5. The molecule has 0 N–H and O–H groups in total. The molecule has 1 aliphatic heterocycles. The third-order valence-corrected chi connectivity index (χ3v) is 5.01. The Bertz CT molecular complexity index is 742. The predicted molar refractivity (Wildman–Crippen MR) is 93.9 cm³/mol. The number of nitrogens with zero attached hydrogens (tertiary/aromatic N) is 4. The van der Waals surface area contributed by atoms with E-state index < -0.39 is 0 Å². The van der Waals surface area contributed by atoms with Crippen LogP contribution in [0.5, 0.6) is 0 Å². The van der Waals surface area contributed by atoms with Crippen molar-refractivity contribution < 1.29 is 9.32 Å². The second-order valence-corrected chi connectivity index (χ2v) is 7.18. The molecule has 0 bridgehead atoms. The van der Waals surface area contributed by atoms with Gasteiger partial charge in [-0.2, -0.15) is 4.98 Å². The van der Waals surface area contributed by atoms with Crippen LogP contribution < -0.4 is 0 Å². The van der Waals surface area contributed by atoms with E-state index in [0.29, 0.717) is 35.1 Å². The van der Waals surface area contributed by atoms with Gasteiger partial charge in [0.05, 0.1) is 6.54 Å². The number of halogens is 1. The Hall–Kier alpha value is -1.92. The Labute approximate surface area is 151 Å². The van der Waals surface area contributed by atoms with Crippen LogP contribution >= 0.6 is 11.6 Å². The van der Waals surface area contributed by atoms with E-state index in [0.717, 1.165) is 51.0 Å². The van der Waals surface area contributed by atoms with Gasteiger partial charge in [0.15, 0.2) is 0 Å². The molecule has 2 aromatic rings. The van der Waals surface area contributed by atoms with E-state index in [1.165, 1.54) is 0 Å². The molecule has 6 nitrogen and oxygen atoms in total. The Morgan fingerprint density at radius 3 is 2.72 bits per heavy atom. The molecular weight excluding hydrogens is 340 g/mol. The Balaban J connectivity index is 1.36. The molecule has 132 valence electrons. The van der Waals surface area contributed by atoms with Gasteiger partial charge in [0.25, 0.3) is 0 Å². The van der Waals surface area contributed by atoms with Crippen molar-refractivity contribution in [2.45, 2.75) is 25.8 Å². The fourth-order valence-corrected chi connectivity index (χ4v) is 3.29. The van der Waals surface area contributed by atoms with Crippen LogP contribution in [0.25, 0.3) is 11.4 Å². The molecule has 0 atom stereocenters. The molecule has 2 fully saturated rings. The number of amides is 1. The lowest BCUT2D eigenvalue weighted by Gasteiger charge is -2.21. The minimum absolute atomic E-state index is 0.296. The van der Waals surface area contributed by atoms with E-state index in [2.05, 4.69) is 15.0 Å². The lowest BCUT2D eigenvalue weighted by molar-refractivity contribution is -0.132. The van der Waals surface area contributed by atoms with Crippen molar-refractivity contribution in [1.29, 1.82) is 0 Å². The number of carbonyl (C=O) groups is 1. The molecule has 2 heterocycles. The van der Waals surface area contributed by atoms with Gasteiger partial charge in [-0.3, -0.25) is 9.69 Å². The summed E-state index contributed by atoms with van der Waals surface area (Å²) in [5, 5.41) is 4.74. The van der Waals surface area contributed by atoms with Gasteiger partial charge in [-0.05, 0) is 43.5 Å². The van der Waals surface area contributed by atoms with Gasteiger partial charge in [-0.1, -0.05) is 16.8 Å². The van der Waals surface area contributed by atoms with Crippen molar-refractivity contribution in [2.24, 2.45) is 5.92 Å². The molecule has 1 aromatic carbocycles. The molecule has 0 spiro atoms. The average Bonchev–Trinajstić information content (AvgIpc) is 3.40. The van der Waals surface area contributed by atoms with E-state index in [9.17, 15) is 4.79 Å². The number of benzene rings is 1. The predicted octanol–water partition coefficient (Wildman–Crippen LogP) is 2.83. The normalized spacial score (nSPS) is 19.0. The van der Waals surface area contributed by atoms with E-state index in [4.69, 9.17) is 16.1 Å². The summed E-state index contributed by atoms with van der Waals surface area (Å²) in [5.41, 5.74) is 0.886. The smallest absolute Gasteiger partial charge is 0.241 e. The van der Waals surface area contributed by atoms with Crippen molar-refractivity contribution in [1.82, 2.24) is 19.9 Å². The van der Waals surface area contributed by atoms with Gasteiger partial charge in [-0.15, -0.1) is 0 Å². The van der Waals surface area contributed by atoms with Gasteiger partial charge in [0, 0.05) is 42.7 Å². The minimum atomic E-state index is 0.296. The SMILES string of the molecule is O=C(C1CC1)N1CCCN(Cc2nc(-c3ccc(Cl)cc3)no2)CC1. The standard InChI is InChI=1S/C18H21ClN4O2/c19-15-6-4-13(5-7-15)17-20-16(25-21-17)12-22-8-1-9-23(11-10-22)18(24)14-2-3-14/h4-7,14H,1-3,8-12H2. The molecule has 0 unspecified atom stereocenters. The van der Waals surface area contributed by atoms with E-state index in [-0.39, 0.29) is 0 Å². The number of carbonyl (C=O) groups excluding carboxylic acids is 1. The monoisotopic (exact) mass is 360 g/mol. The van der Waals surface area contributed by atoms with Crippen LogP contribution in [0.2, 0.25) is 5.02 Å². The molecule has 1 saturated carbocycles. The molecule has 0 radical (unpaired) electrons. The van der Waals surface area contributed by atoms with Crippen molar-refractivity contribution in [3.8, 4) is 11.4 Å². The zero-order valence-corrected chi connectivity index (χ0v) is 14.8. The van der Waals surface area contributed by atoms with Gasteiger partial charge in [0.1, 0.15) is 0 Å². The quantitative estimate of drug-likeness (QED) is 0.839. The maximum absolute atomic E-state index is 12.2. The largest absolute Gasteiger partial charge is 0.341 e. The molecule has 2 aliphatic rings. The van der Waals surface area contributed by atoms with E-state index in [1.807, 2.05) is 29.2 Å². The van der Waals surface area contributed by atoms with Crippen LogP contribution in [0.1, 0.15) is 25.2 Å². The average molecular weight is 361 g/mol. The first-order valence-electron chi connectivity index (χ1n) is 8.79. The molecule has 1 aliphatic carbocycles. The molecule has 1 aromatic heterocycles. The molecule has 1 saturated heterocycles. The van der Waals surface area contributed by atoms with Crippen LogP contribution in [0, 0.1) is 5.92 Å². The minimum Gasteiger partial charge on any atom is -0.341 e. The second kappa shape index (κ2) is 7.14. The fourth-order valence-electron chi connectivity index (χ4n) is 3.16. The summed E-state index contributed by atoms with van der Waals surface area (Å²) in [4.78, 5) is 21.0. The van der Waals surface area contributed by atoms with Crippen LogP contribution in [-0.2, 0) is 11.3 Å². The van der Waals surface area contributed by atoms with E-state index >= 15 is 0 Å². The van der Waals surface area contributed by atoms with Gasteiger partial charge < -0.3 is 9.42 Å². The first kappa shape index (κ1) is 16.5. The topological polar surface area (TPSA) is 62.5 Å². The van der Waals surface area contributed by atoms with Crippen molar-refractivity contribution >= 4 is 17.5 Å².